The Morgan fingerprint density at radius 3 is 2.50 bits per heavy atom. The van der Waals surface area contributed by atoms with Crippen molar-refractivity contribution in [1.29, 1.82) is 0 Å². The number of benzene rings is 2. The third kappa shape index (κ3) is 4.82. The average Bonchev–Trinajstić information content (AvgIpc) is 3.06. The van der Waals surface area contributed by atoms with Gasteiger partial charge < -0.3 is 14.8 Å². The molecule has 0 aliphatic carbocycles. The van der Waals surface area contributed by atoms with Gasteiger partial charge in [-0.3, -0.25) is 9.59 Å². The maximum Gasteiger partial charge on any atom is 0.347 e. The lowest BCUT2D eigenvalue weighted by Gasteiger charge is -2.09. The smallest absolute Gasteiger partial charge is 0.347 e. The van der Waals surface area contributed by atoms with Gasteiger partial charge in [-0.25, -0.2) is 9.18 Å². The Kier molecular flexibility index (Phi) is 6.16. The number of ketones is 2. The van der Waals surface area contributed by atoms with Crippen molar-refractivity contribution in [2.45, 2.75) is 12.8 Å². The molecule has 2 aromatic rings. The first-order valence-corrected chi connectivity index (χ1v) is 8.73. The van der Waals surface area contributed by atoms with Crippen LogP contribution < -0.4 is 5.32 Å². The SMILES string of the molecule is O=C1COC(Nc2ccccc2)=C1C(=O)OCCCC(=O)c1ccc(F)cc1. The van der Waals surface area contributed by atoms with Gasteiger partial charge in [0.15, 0.2) is 18.0 Å². The highest BCUT2D eigenvalue weighted by Crippen LogP contribution is 2.20. The van der Waals surface area contributed by atoms with E-state index >= 15 is 0 Å². The highest BCUT2D eigenvalue weighted by Gasteiger charge is 2.32. The van der Waals surface area contributed by atoms with Gasteiger partial charge in [0, 0.05) is 17.7 Å². The molecule has 0 amide bonds. The second-order valence-electron chi connectivity index (χ2n) is 6.08. The Morgan fingerprint density at radius 2 is 1.79 bits per heavy atom. The average molecular weight is 383 g/mol. The van der Waals surface area contributed by atoms with E-state index in [1.807, 2.05) is 6.07 Å². The van der Waals surface area contributed by atoms with Crippen LogP contribution in [0.15, 0.2) is 66.1 Å². The topological polar surface area (TPSA) is 81.7 Å². The van der Waals surface area contributed by atoms with E-state index in [4.69, 9.17) is 9.47 Å². The quantitative estimate of drug-likeness (QED) is 0.326. The first-order chi connectivity index (χ1) is 13.5. The summed E-state index contributed by atoms with van der Waals surface area (Å²) in [6.45, 7) is -0.260. The zero-order chi connectivity index (χ0) is 19.9. The van der Waals surface area contributed by atoms with Gasteiger partial charge in [0.2, 0.25) is 11.7 Å². The fourth-order valence-electron chi connectivity index (χ4n) is 2.62. The molecule has 0 bridgehead atoms. The second kappa shape index (κ2) is 8.94. The fraction of sp³-hybridized carbons (Fsp3) is 0.190. The summed E-state index contributed by atoms with van der Waals surface area (Å²) in [6.07, 6.45) is 0.420. The number of rotatable bonds is 8. The number of carbonyl (C=O) groups excluding carboxylic acids is 3. The molecule has 0 spiro atoms. The molecular formula is C21H18FNO5. The number of ether oxygens (including phenoxy) is 2. The van der Waals surface area contributed by atoms with Gasteiger partial charge in [-0.1, -0.05) is 18.2 Å². The van der Waals surface area contributed by atoms with Crippen LogP contribution in [0.3, 0.4) is 0 Å². The molecule has 2 aromatic carbocycles. The number of anilines is 1. The van der Waals surface area contributed by atoms with Crippen molar-refractivity contribution in [3.63, 3.8) is 0 Å². The van der Waals surface area contributed by atoms with Gasteiger partial charge in [0.05, 0.1) is 6.61 Å². The molecule has 1 aliphatic rings. The predicted octanol–water partition coefficient (Wildman–Crippen LogP) is 3.25. The summed E-state index contributed by atoms with van der Waals surface area (Å²) < 4.78 is 23.2. The van der Waals surface area contributed by atoms with Gasteiger partial charge in [-0.15, -0.1) is 0 Å². The summed E-state index contributed by atoms with van der Waals surface area (Å²) in [5.41, 5.74) is 0.889. The van der Waals surface area contributed by atoms with Gasteiger partial charge >= 0.3 is 5.97 Å². The van der Waals surface area contributed by atoms with Gasteiger partial charge in [0.25, 0.3) is 0 Å². The lowest BCUT2D eigenvalue weighted by molar-refractivity contribution is -0.140. The van der Waals surface area contributed by atoms with E-state index < -0.39 is 17.6 Å². The number of hydrogen-bond acceptors (Lipinski definition) is 6. The zero-order valence-electron chi connectivity index (χ0n) is 14.9. The van der Waals surface area contributed by atoms with Crippen molar-refractivity contribution in [2.75, 3.05) is 18.5 Å². The van der Waals surface area contributed by atoms with Crippen molar-refractivity contribution < 1.29 is 28.2 Å². The van der Waals surface area contributed by atoms with E-state index in [0.717, 1.165) is 0 Å². The molecular weight excluding hydrogens is 365 g/mol. The lowest BCUT2D eigenvalue weighted by Crippen LogP contribution is -2.17. The molecule has 144 valence electrons. The van der Waals surface area contributed by atoms with Gasteiger partial charge in [0.1, 0.15) is 5.82 Å². The lowest BCUT2D eigenvalue weighted by atomic mass is 10.1. The standard InChI is InChI=1S/C21H18FNO5/c22-15-10-8-14(9-11-15)17(24)7-4-12-27-21(26)19-18(25)13-28-20(19)23-16-5-2-1-3-6-16/h1-3,5-6,8-11,23H,4,7,12-13H2. The number of halogens is 1. The monoisotopic (exact) mass is 383 g/mol. The van der Waals surface area contributed by atoms with Crippen LogP contribution in [0.25, 0.3) is 0 Å². The summed E-state index contributed by atoms with van der Waals surface area (Å²) in [4.78, 5) is 36.2. The van der Waals surface area contributed by atoms with Crippen molar-refractivity contribution in [2.24, 2.45) is 0 Å². The first kappa shape index (κ1) is 19.3. The molecule has 7 heteroatoms. The van der Waals surface area contributed by atoms with Crippen molar-refractivity contribution in [1.82, 2.24) is 0 Å². The molecule has 0 saturated carbocycles. The zero-order valence-corrected chi connectivity index (χ0v) is 14.9. The first-order valence-electron chi connectivity index (χ1n) is 8.73. The summed E-state index contributed by atoms with van der Waals surface area (Å²) in [5, 5.41) is 2.89. The van der Waals surface area contributed by atoms with E-state index in [0.29, 0.717) is 11.3 Å². The van der Waals surface area contributed by atoms with Crippen LogP contribution in [0.1, 0.15) is 23.2 Å². The fourth-order valence-corrected chi connectivity index (χ4v) is 2.62. The Morgan fingerprint density at radius 1 is 1.07 bits per heavy atom. The van der Waals surface area contributed by atoms with E-state index in [1.165, 1.54) is 24.3 Å². The number of Topliss-reactive ketones (excluding diaryl/α,β-unsaturated/α-hetero) is 2. The maximum absolute atomic E-state index is 12.9. The summed E-state index contributed by atoms with van der Waals surface area (Å²) in [5.74, 6) is -1.80. The van der Waals surface area contributed by atoms with Crippen LogP contribution in [0.5, 0.6) is 0 Å². The minimum Gasteiger partial charge on any atom is -0.470 e. The number of hydrogen-bond donors (Lipinski definition) is 1. The van der Waals surface area contributed by atoms with Crippen LogP contribution in [0, 0.1) is 5.82 Å². The van der Waals surface area contributed by atoms with Gasteiger partial charge in [-0.05, 0) is 42.8 Å². The van der Waals surface area contributed by atoms with Crippen LogP contribution in [0.2, 0.25) is 0 Å². The summed E-state index contributed by atoms with van der Waals surface area (Å²) >= 11 is 0. The molecule has 1 aliphatic heterocycles. The number of para-hydroxylation sites is 1. The number of carbonyl (C=O) groups is 3. The Hall–Kier alpha value is -3.48. The van der Waals surface area contributed by atoms with Crippen LogP contribution >= 0.6 is 0 Å². The Labute approximate surface area is 161 Å². The maximum atomic E-state index is 12.9. The third-order valence-electron chi connectivity index (χ3n) is 4.04. The largest absolute Gasteiger partial charge is 0.470 e. The molecule has 0 atom stereocenters. The molecule has 0 radical (unpaired) electrons. The van der Waals surface area contributed by atoms with E-state index in [-0.39, 0.29) is 43.3 Å². The van der Waals surface area contributed by atoms with Crippen molar-refractivity contribution in [3.8, 4) is 0 Å². The highest BCUT2D eigenvalue weighted by molar-refractivity contribution is 6.19. The normalized spacial score (nSPS) is 13.2. The molecule has 0 saturated heterocycles. The van der Waals surface area contributed by atoms with E-state index in [9.17, 15) is 18.8 Å². The molecule has 0 fully saturated rings. The highest BCUT2D eigenvalue weighted by atomic mass is 19.1. The van der Waals surface area contributed by atoms with E-state index in [1.54, 1.807) is 24.3 Å². The molecule has 28 heavy (non-hydrogen) atoms. The van der Waals surface area contributed by atoms with Crippen LogP contribution in [-0.2, 0) is 19.1 Å². The summed E-state index contributed by atoms with van der Waals surface area (Å²) in [6, 6.07) is 14.2. The molecule has 0 unspecified atom stereocenters. The molecule has 0 aromatic heterocycles. The Bertz CT molecular complexity index is 906. The van der Waals surface area contributed by atoms with Crippen LogP contribution in [0.4, 0.5) is 10.1 Å². The number of nitrogens with one attached hydrogen (secondary N) is 1. The molecule has 1 heterocycles. The van der Waals surface area contributed by atoms with Gasteiger partial charge in [-0.2, -0.15) is 0 Å². The predicted molar refractivity (Wildman–Crippen MR) is 99.0 cm³/mol. The van der Waals surface area contributed by atoms with Crippen molar-refractivity contribution >= 4 is 23.2 Å². The third-order valence-corrected chi connectivity index (χ3v) is 4.04. The molecule has 1 N–H and O–H groups in total. The van der Waals surface area contributed by atoms with Crippen molar-refractivity contribution in [3.05, 3.63) is 77.4 Å². The molecule has 6 nitrogen and oxygen atoms in total. The minimum absolute atomic E-state index is 0.0266. The van der Waals surface area contributed by atoms with E-state index in [2.05, 4.69) is 5.32 Å². The minimum atomic E-state index is -0.796. The number of esters is 1. The second-order valence-corrected chi connectivity index (χ2v) is 6.08. The Balaban J connectivity index is 1.53. The molecule has 3 rings (SSSR count). The summed E-state index contributed by atoms with van der Waals surface area (Å²) in [7, 11) is 0. The van der Waals surface area contributed by atoms with Crippen LogP contribution in [-0.4, -0.2) is 30.7 Å².